The van der Waals surface area contributed by atoms with Crippen LogP contribution in [0.3, 0.4) is 0 Å². The molecule has 16 nitrogen and oxygen atoms in total. The van der Waals surface area contributed by atoms with Gasteiger partial charge in [-0.05, 0) is 24.5 Å². The lowest BCUT2D eigenvalue weighted by Crippen LogP contribution is -2.53. The minimum Gasteiger partial charge on any atom is -0.481 e. The molecule has 2 heterocycles. The molecular formula is C25H34N8O8S. The van der Waals surface area contributed by atoms with Crippen LogP contribution in [-0.4, -0.2) is 99.1 Å². The third-order valence-electron chi connectivity index (χ3n) is 7.00. The van der Waals surface area contributed by atoms with Gasteiger partial charge < -0.3 is 26.0 Å². The van der Waals surface area contributed by atoms with Gasteiger partial charge in [0.2, 0.25) is 23.6 Å². The van der Waals surface area contributed by atoms with Crippen LogP contribution in [0.2, 0.25) is 0 Å². The minimum absolute atomic E-state index is 0.0543. The maximum Gasteiger partial charge on any atom is 0.303 e. The van der Waals surface area contributed by atoms with E-state index in [1.807, 2.05) is 0 Å². The molecule has 1 aromatic heterocycles. The summed E-state index contributed by atoms with van der Waals surface area (Å²) in [6.07, 6.45) is -0.402. The molecule has 17 heteroatoms. The summed E-state index contributed by atoms with van der Waals surface area (Å²) in [5.74, 6) is -3.95. The zero-order valence-electron chi connectivity index (χ0n) is 23.1. The molecule has 1 aliphatic heterocycles. The number of carboxylic acids is 1. The molecule has 3 rings (SSSR count). The Morgan fingerprint density at radius 2 is 1.83 bits per heavy atom. The van der Waals surface area contributed by atoms with Crippen molar-refractivity contribution in [3.8, 4) is 0 Å². The fraction of sp³-hybridized carbons (Fsp3) is 0.520. The summed E-state index contributed by atoms with van der Waals surface area (Å²) in [5.41, 5.74) is 0. The van der Waals surface area contributed by atoms with Crippen molar-refractivity contribution >= 4 is 39.4 Å². The fourth-order valence-corrected chi connectivity index (χ4v) is 6.15. The van der Waals surface area contributed by atoms with Crippen LogP contribution in [0.15, 0.2) is 35.2 Å². The smallest absolute Gasteiger partial charge is 0.303 e. The van der Waals surface area contributed by atoms with E-state index in [2.05, 4.69) is 36.6 Å². The van der Waals surface area contributed by atoms with Gasteiger partial charge in [-0.25, -0.2) is 8.42 Å². The van der Waals surface area contributed by atoms with Gasteiger partial charge in [0.05, 0.1) is 29.7 Å². The molecule has 4 atom stereocenters. The first kappa shape index (κ1) is 32.1. The van der Waals surface area contributed by atoms with Crippen LogP contribution in [0, 0.1) is 5.92 Å². The Kier molecular flexibility index (Phi) is 11.1. The van der Waals surface area contributed by atoms with Gasteiger partial charge in [-0.3, -0.25) is 24.0 Å². The summed E-state index contributed by atoms with van der Waals surface area (Å²) in [7, 11) is -3.90. The predicted octanol–water partition coefficient (Wildman–Crippen LogP) is -1.23. The average Bonchev–Trinajstić information content (AvgIpc) is 3.67. The standard InChI is InChI=1S/C25H34N8O8S/c1-3-15(2)23(28-20(34)9-10-22(36)37)25(39)27-13-21(35)33-14-17(42(40,41)16-7-5-4-6-8-16)11-18(33)24(38)26-12-19-29-31-32-30-19/h4-8,15,17-18,23H,3,9-14H2,1-2H3,(H,26,38)(H,27,39)(H,28,34)(H,36,37)(H,29,30,31,32)/t15-,17+,18?,23-/m0/s1. The maximum absolute atomic E-state index is 13.3. The first-order chi connectivity index (χ1) is 19.9. The van der Waals surface area contributed by atoms with Crippen LogP contribution in [0.5, 0.6) is 0 Å². The number of amides is 4. The number of sulfone groups is 1. The van der Waals surface area contributed by atoms with Crippen LogP contribution in [0.25, 0.3) is 0 Å². The van der Waals surface area contributed by atoms with Gasteiger partial charge in [0, 0.05) is 13.0 Å². The lowest BCUT2D eigenvalue weighted by atomic mass is 9.98. The number of hydrogen-bond donors (Lipinski definition) is 5. The van der Waals surface area contributed by atoms with Crippen molar-refractivity contribution in [1.82, 2.24) is 41.5 Å². The molecule has 1 saturated heterocycles. The Bertz CT molecular complexity index is 1370. The zero-order valence-corrected chi connectivity index (χ0v) is 24.0. The van der Waals surface area contributed by atoms with Crippen molar-refractivity contribution in [2.45, 2.75) is 68.3 Å². The zero-order chi connectivity index (χ0) is 30.9. The SMILES string of the molecule is CC[C@H](C)[C@H](NC(=O)CCC(=O)O)C(=O)NCC(=O)N1C[C@H](S(=O)(=O)c2ccccc2)CC1C(=O)NCc1nn[nH]n1. The van der Waals surface area contributed by atoms with E-state index < -0.39 is 69.7 Å². The highest BCUT2D eigenvalue weighted by Gasteiger charge is 2.45. The van der Waals surface area contributed by atoms with E-state index in [1.165, 1.54) is 12.1 Å². The second-order valence-electron chi connectivity index (χ2n) is 9.87. The number of carboxylic acid groups (broad SMARTS) is 1. The molecule has 1 unspecified atom stereocenters. The van der Waals surface area contributed by atoms with Crippen molar-refractivity contribution in [3.05, 3.63) is 36.2 Å². The Morgan fingerprint density at radius 1 is 1.12 bits per heavy atom. The number of nitrogens with one attached hydrogen (secondary N) is 4. The molecule has 0 aliphatic carbocycles. The number of nitrogens with zero attached hydrogens (tertiary/aromatic N) is 4. The molecule has 228 valence electrons. The summed E-state index contributed by atoms with van der Waals surface area (Å²) in [5, 5.41) is 28.4. The van der Waals surface area contributed by atoms with Gasteiger partial charge >= 0.3 is 5.97 Å². The van der Waals surface area contributed by atoms with Gasteiger partial charge in [0.1, 0.15) is 12.1 Å². The lowest BCUT2D eigenvalue weighted by Gasteiger charge is -2.26. The van der Waals surface area contributed by atoms with E-state index in [9.17, 15) is 32.4 Å². The van der Waals surface area contributed by atoms with Gasteiger partial charge in [-0.2, -0.15) is 5.21 Å². The molecule has 0 saturated carbocycles. The third kappa shape index (κ3) is 8.31. The van der Waals surface area contributed by atoms with E-state index >= 15 is 0 Å². The number of aromatic nitrogens is 4. The molecule has 5 N–H and O–H groups in total. The Balaban J connectivity index is 1.73. The maximum atomic E-state index is 13.3. The second-order valence-corrected chi connectivity index (χ2v) is 12.1. The van der Waals surface area contributed by atoms with Crippen molar-refractivity contribution in [1.29, 1.82) is 0 Å². The van der Waals surface area contributed by atoms with Gasteiger partial charge in [0.25, 0.3) is 0 Å². The van der Waals surface area contributed by atoms with E-state index in [0.717, 1.165) is 4.90 Å². The molecule has 0 bridgehead atoms. The molecular weight excluding hydrogens is 572 g/mol. The Labute approximate surface area is 241 Å². The lowest BCUT2D eigenvalue weighted by molar-refractivity contribution is -0.140. The number of H-pyrrole nitrogens is 1. The predicted molar refractivity (Wildman–Crippen MR) is 145 cm³/mol. The third-order valence-corrected chi connectivity index (χ3v) is 9.15. The highest BCUT2D eigenvalue weighted by Crippen LogP contribution is 2.28. The van der Waals surface area contributed by atoms with Gasteiger partial charge in [-0.15, -0.1) is 10.2 Å². The average molecular weight is 607 g/mol. The number of rotatable bonds is 14. The Hall–Kier alpha value is -4.41. The highest BCUT2D eigenvalue weighted by molar-refractivity contribution is 7.92. The molecule has 4 amide bonds. The molecule has 1 aromatic carbocycles. The number of aromatic amines is 1. The summed E-state index contributed by atoms with van der Waals surface area (Å²) in [4.78, 5) is 63.5. The van der Waals surface area contributed by atoms with Crippen molar-refractivity contribution < 1.29 is 37.5 Å². The van der Waals surface area contributed by atoms with Crippen LogP contribution < -0.4 is 16.0 Å². The number of likely N-dealkylation sites (tertiary alicyclic amines) is 1. The summed E-state index contributed by atoms with van der Waals surface area (Å²) < 4.78 is 26.7. The van der Waals surface area contributed by atoms with Crippen LogP contribution in [-0.2, 0) is 40.4 Å². The van der Waals surface area contributed by atoms with Crippen LogP contribution in [0.4, 0.5) is 0 Å². The van der Waals surface area contributed by atoms with Gasteiger partial charge in [0.15, 0.2) is 15.7 Å². The first-order valence-corrected chi connectivity index (χ1v) is 14.9. The summed E-state index contributed by atoms with van der Waals surface area (Å²) in [6.45, 7) is 2.55. The largest absolute Gasteiger partial charge is 0.481 e. The molecule has 0 radical (unpaired) electrons. The second kappa shape index (κ2) is 14.5. The van der Waals surface area contributed by atoms with E-state index in [0.29, 0.717) is 6.42 Å². The first-order valence-electron chi connectivity index (χ1n) is 13.3. The molecule has 1 fully saturated rings. The minimum atomic E-state index is -3.90. The fourth-order valence-electron chi connectivity index (χ4n) is 4.43. The van der Waals surface area contributed by atoms with Crippen LogP contribution >= 0.6 is 0 Å². The van der Waals surface area contributed by atoms with E-state index in [1.54, 1.807) is 32.0 Å². The number of aliphatic carboxylic acids is 1. The van der Waals surface area contributed by atoms with E-state index in [4.69, 9.17) is 5.11 Å². The van der Waals surface area contributed by atoms with Crippen molar-refractivity contribution in [3.63, 3.8) is 0 Å². The van der Waals surface area contributed by atoms with Crippen molar-refractivity contribution in [2.75, 3.05) is 13.1 Å². The summed E-state index contributed by atoms with van der Waals surface area (Å²) in [6, 6.07) is 5.49. The quantitative estimate of drug-likeness (QED) is 0.171. The molecule has 42 heavy (non-hydrogen) atoms. The number of hydrogen-bond acceptors (Lipinski definition) is 10. The van der Waals surface area contributed by atoms with Crippen LogP contribution in [0.1, 0.15) is 45.4 Å². The molecule has 1 aliphatic rings. The number of carbonyl (C=O) groups excluding carboxylic acids is 4. The number of tetrazole rings is 1. The monoisotopic (exact) mass is 606 g/mol. The summed E-state index contributed by atoms with van der Waals surface area (Å²) >= 11 is 0. The molecule has 0 spiro atoms. The number of benzene rings is 1. The topological polar surface area (TPSA) is 234 Å². The number of carbonyl (C=O) groups is 5. The molecule has 2 aromatic rings. The Morgan fingerprint density at radius 3 is 2.45 bits per heavy atom. The normalized spacial score (nSPS) is 18.1. The van der Waals surface area contributed by atoms with Crippen molar-refractivity contribution in [2.24, 2.45) is 5.92 Å². The highest BCUT2D eigenvalue weighted by atomic mass is 32.2. The van der Waals surface area contributed by atoms with E-state index in [-0.39, 0.29) is 42.6 Å². The van der Waals surface area contributed by atoms with Gasteiger partial charge in [-0.1, -0.05) is 43.7 Å².